The summed E-state index contributed by atoms with van der Waals surface area (Å²) in [5, 5.41) is 2.90. The van der Waals surface area contributed by atoms with Crippen LogP contribution in [0.1, 0.15) is 40.0 Å². The first-order valence-corrected chi connectivity index (χ1v) is 7.32. The fourth-order valence-corrected chi connectivity index (χ4v) is 1.84. The second-order valence-corrected chi connectivity index (χ2v) is 6.32. The molecule has 0 aromatic rings. The molecule has 0 rings (SSSR count). The van der Waals surface area contributed by atoms with E-state index < -0.39 is 16.3 Å². The minimum atomic E-state index is -0.832. The van der Waals surface area contributed by atoms with Gasteiger partial charge in [0, 0.05) is 28.9 Å². The molecule has 0 aliphatic carbocycles. The molecule has 0 spiro atoms. The van der Waals surface area contributed by atoms with Gasteiger partial charge in [0.25, 0.3) is 0 Å². The first-order valence-electron chi connectivity index (χ1n) is 5.70. The molecule has 0 bridgehead atoms. The van der Waals surface area contributed by atoms with Gasteiger partial charge < -0.3 is 11.1 Å². The van der Waals surface area contributed by atoms with Crippen LogP contribution in [0.2, 0.25) is 0 Å². The Kier molecular flexibility index (Phi) is 6.83. The zero-order valence-electron chi connectivity index (χ0n) is 10.7. The summed E-state index contributed by atoms with van der Waals surface area (Å²) in [5.41, 5.74) is 5.09. The highest BCUT2D eigenvalue weighted by Crippen LogP contribution is 2.08. The smallest absolute Gasteiger partial charge is 0.239 e. The van der Waals surface area contributed by atoms with E-state index in [1.165, 1.54) is 0 Å². The largest absolute Gasteiger partial charge is 0.354 e. The van der Waals surface area contributed by atoms with Crippen LogP contribution in [0.15, 0.2) is 0 Å². The highest BCUT2D eigenvalue weighted by atomic mass is 32.2. The van der Waals surface area contributed by atoms with Crippen LogP contribution >= 0.6 is 0 Å². The highest BCUT2D eigenvalue weighted by molar-refractivity contribution is 7.84. The lowest BCUT2D eigenvalue weighted by Crippen LogP contribution is -2.51. The monoisotopic (exact) mass is 248 g/mol. The zero-order chi connectivity index (χ0) is 12.8. The lowest BCUT2D eigenvalue weighted by Gasteiger charge is -2.23. The van der Waals surface area contributed by atoms with Crippen molar-refractivity contribution in [1.29, 1.82) is 0 Å². The average Bonchev–Trinajstić information content (AvgIpc) is 2.16. The van der Waals surface area contributed by atoms with Gasteiger partial charge in [-0.05, 0) is 19.8 Å². The molecule has 5 heteroatoms. The van der Waals surface area contributed by atoms with Crippen LogP contribution in [0.25, 0.3) is 0 Å². The third-order valence-electron chi connectivity index (χ3n) is 2.69. The van der Waals surface area contributed by atoms with Gasteiger partial charge in [-0.2, -0.15) is 0 Å². The van der Waals surface area contributed by atoms with E-state index in [0.29, 0.717) is 13.0 Å². The van der Waals surface area contributed by atoms with Crippen LogP contribution in [0.5, 0.6) is 0 Å². The van der Waals surface area contributed by atoms with Crippen LogP contribution in [0, 0.1) is 0 Å². The maximum absolute atomic E-state index is 11.7. The number of hydrogen-bond donors (Lipinski definition) is 2. The molecule has 3 N–H and O–H groups in total. The fraction of sp³-hybridized carbons (Fsp3) is 0.909. The minimum Gasteiger partial charge on any atom is -0.354 e. The van der Waals surface area contributed by atoms with Gasteiger partial charge in [-0.15, -0.1) is 0 Å². The lowest BCUT2D eigenvalue weighted by molar-refractivity contribution is -0.126. The van der Waals surface area contributed by atoms with Crippen molar-refractivity contribution in [2.45, 2.75) is 50.8 Å². The first kappa shape index (κ1) is 15.6. The number of nitrogens with two attached hydrogens (primary N) is 1. The maximum Gasteiger partial charge on any atom is 0.239 e. The van der Waals surface area contributed by atoms with E-state index in [4.69, 9.17) is 5.73 Å². The quantitative estimate of drug-likeness (QED) is 0.699. The average molecular weight is 248 g/mol. The van der Waals surface area contributed by atoms with Crippen molar-refractivity contribution in [1.82, 2.24) is 5.32 Å². The van der Waals surface area contributed by atoms with Crippen LogP contribution in [0.3, 0.4) is 0 Å². The summed E-state index contributed by atoms with van der Waals surface area (Å²) in [6.45, 7) is 6.19. The van der Waals surface area contributed by atoms with Gasteiger partial charge in [0.1, 0.15) is 0 Å². The maximum atomic E-state index is 11.7. The molecule has 0 saturated carbocycles. The lowest BCUT2D eigenvalue weighted by atomic mass is 9.96. The third kappa shape index (κ3) is 5.61. The molecule has 0 radical (unpaired) electrons. The van der Waals surface area contributed by atoms with Crippen molar-refractivity contribution in [2.24, 2.45) is 5.73 Å². The molecule has 0 aliphatic heterocycles. The second kappa shape index (κ2) is 7.01. The van der Waals surface area contributed by atoms with Gasteiger partial charge in [0.2, 0.25) is 5.91 Å². The molecule has 96 valence electrons. The Hall–Kier alpha value is -0.420. The Bertz CT molecular complexity index is 254. The van der Waals surface area contributed by atoms with E-state index in [1.807, 2.05) is 13.8 Å². The van der Waals surface area contributed by atoms with E-state index in [9.17, 15) is 9.00 Å². The van der Waals surface area contributed by atoms with E-state index >= 15 is 0 Å². The molecular formula is C11H24N2O2S. The van der Waals surface area contributed by atoms with Crippen LogP contribution in [0.4, 0.5) is 0 Å². The number of nitrogens with one attached hydrogen (secondary N) is 1. The summed E-state index contributed by atoms with van der Waals surface area (Å²) in [5.74, 6) is -0.122. The summed E-state index contributed by atoms with van der Waals surface area (Å²) in [6.07, 6.45) is 3.96. The first-order chi connectivity index (χ1) is 7.31. The standard InChI is InChI=1S/C11H24N2O2S/c1-5-7-11(3,12)10(14)13-8-6-9(2)16(4)15/h9H,5-8,12H2,1-4H3,(H,13,14). The molecule has 4 nitrogen and oxygen atoms in total. The summed E-state index contributed by atoms with van der Waals surface area (Å²) >= 11 is 0. The normalized spacial score (nSPS) is 18.6. The van der Waals surface area contributed by atoms with Crippen LogP contribution in [-0.2, 0) is 15.6 Å². The molecular weight excluding hydrogens is 224 g/mol. The number of hydrogen-bond acceptors (Lipinski definition) is 3. The third-order valence-corrected chi connectivity index (χ3v) is 4.06. The summed E-state index contributed by atoms with van der Waals surface area (Å²) in [7, 11) is -0.832. The van der Waals surface area contributed by atoms with Crippen LogP contribution in [-0.4, -0.2) is 33.7 Å². The number of carbonyl (C=O) groups is 1. The topological polar surface area (TPSA) is 72.2 Å². The predicted molar refractivity (Wildman–Crippen MR) is 68.7 cm³/mol. The number of carbonyl (C=O) groups excluding carboxylic acids is 1. The van der Waals surface area contributed by atoms with E-state index in [1.54, 1.807) is 13.2 Å². The molecule has 3 atom stereocenters. The van der Waals surface area contributed by atoms with Crippen molar-refractivity contribution in [2.75, 3.05) is 12.8 Å². The number of amides is 1. The summed E-state index contributed by atoms with van der Waals surface area (Å²) in [6, 6.07) is 0. The Balaban J connectivity index is 3.94. The van der Waals surface area contributed by atoms with Gasteiger partial charge in [0.05, 0.1) is 5.54 Å². The summed E-state index contributed by atoms with van der Waals surface area (Å²) < 4.78 is 11.1. The molecule has 0 fully saturated rings. The predicted octanol–water partition coefficient (Wildman–Crippen LogP) is 0.777. The van der Waals surface area contributed by atoms with Gasteiger partial charge >= 0.3 is 0 Å². The molecule has 0 heterocycles. The van der Waals surface area contributed by atoms with Crippen molar-refractivity contribution >= 4 is 16.7 Å². The van der Waals surface area contributed by atoms with E-state index in [-0.39, 0.29) is 11.2 Å². The van der Waals surface area contributed by atoms with Gasteiger partial charge in [-0.3, -0.25) is 9.00 Å². The fourth-order valence-electron chi connectivity index (χ4n) is 1.39. The highest BCUT2D eigenvalue weighted by Gasteiger charge is 2.26. The summed E-state index contributed by atoms with van der Waals surface area (Å²) in [4.78, 5) is 11.7. The van der Waals surface area contributed by atoms with E-state index in [2.05, 4.69) is 5.32 Å². The van der Waals surface area contributed by atoms with E-state index in [0.717, 1.165) is 12.8 Å². The molecule has 16 heavy (non-hydrogen) atoms. The van der Waals surface area contributed by atoms with Gasteiger partial charge in [0.15, 0.2) is 0 Å². The Morgan fingerprint density at radius 2 is 2.12 bits per heavy atom. The second-order valence-electron chi connectivity index (χ2n) is 4.52. The zero-order valence-corrected chi connectivity index (χ0v) is 11.5. The van der Waals surface area contributed by atoms with Crippen molar-refractivity contribution in [3.05, 3.63) is 0 Å². The Labute approximate surface area is 101 Å². The molecule has 3 unspecified atom stereocenters. The van der Waals surface area contributed by atoms with Crippen LogP contribution < -0.4 is 11.1 Å². The molecule has 1 amide bonds. The van der Waals surface area contributed by atoms with Crippen molar-refractivity contribution in [3.63, 3.8) is 0 Å². The Morgan fingerprint density at radius 1 is 1.56 bits per heavy atom. The van der Waals surface area contributed by atoms with Crippen molar-refractivity contribution < 1.29 is 9.00 Å². The van der Waals surface area contributed by atoms with Gasteiger partial charge in [-0.25, -0.2) is 0 Å². The number of rotatable bonds is 7. The molecule has 0 saturated heterocycles. The molecule has 0 aromatic heterocycles. The minimum absolute atomic E-state index is 0.107. The van der Waals surface area contributed by atoms with Gasteiger partial charge in [-0.1, -0.05) is 20.3 Å². The Morgan fingerprint density at radius 3 is 2.56 bits per heavy atom. The van der Waals surface area contributed by atoms with Crippen molar-refractivity contribution in [3.8, 4) is 0 Å². The SMILES string of the molecule is CCCC(C)(N)C(=O)NCCC(C)S(C)=O. The molecule has 0 aromatic carbocycles. The molecule has 0 aliphatic rings.